The van der Waals surface area contributed by atoms with Crippen molar-refractivity contribution in [2.45, 2.75) is 21.8 Å². The Labute approximate surface area is 378 Å². The third-order valence-electron chi connectivity index (χ3n) is 7.57. The molecule has 0 fully saturated rings. The van der Waals surface area contributed by atoms with E-state index in [1.165, 1.54) is 30.4 Å². The second-order valence-corrected chi connectivity index (χ2v) is 14.1. The van der Waals surface area contributed by atoms with E-state index < -0.39 is 0 Å². The molecule has 4 nitrogen and oxygen atoms in total. The zero-order valence-corrected chi connectivity index (χ0v) is 35.5. The largest absolute Gasteiger partial charge is 0.290 e. The molecule has 6 heteroatoms. The molecule has 0 N–H and O–H groups in total. The number of benzene rings is 4. The molecule has 7 aromatic rings. The van der Waals surface area contributed by atoms with Crippen molar-refractivity contribution in [2.24, 2.45) is 0 Å². The molecule has 0 amide bonds. The van der Waals surface area contributed by atoms with Crippen LogP contribution in [0.2, 0.25) is 0 Å². The summed E-state index contributed by atoms with van der Waals surface area (Å²) in [5.74, 6) is 15.1. The fraction of sp³-hybridized carbons (Fsp3) is 0.0566. The molecular formula is C53H45I2N3O. The monoisotopic (exact) mass is 993 g/mol. The summed E-state index contributed by atoms with van der Waals surface area (Å²) in [6.07, 6.45) is 19.8. The van der Waals surface area contributed by atoms with Gasteiger partial charge in [-0.3, -0.25) is 19.7 Å². The van der Waals surface area contributed by atoms with Crippen LogP contribution in [-0.2, 0) is 4.79 Å². The van der Waals surface area contributed by atoms with Gasteiger partial charge in [0.1, 0.15) is 0 Å². The molecule has 7 rings (SSSR count). The van der Waals surface area contributed by atoms with E-state index in [1.54, 1.807) is 62.3 Å². The molecule has 3 heterocycles. The van der Waals surface area contributed by atoms with E-state index >= 15 is 0 Å². The standard InChI is InChI=1S/C26H16N2.C12H8I2.C7H5N.C6H8O.2CH4/c1(3-23-13-17-27-18-14-23)21-5-9-25(10-6-21)26-11-7-22(8-12-26)2-4-24-15-19-28-20-16-24;13-11-5-1-9(2-6-11)10-3-7-12(14)8-4-10;1-2-7-3-5-8-6-4-7;1-3-5-6(7)4-2;;/h5-20H;1-8H;1,3-6H;3-5H,2H2,1H3;2*1H4. The van der Waals surface area contributed by atoms with Crippen LogP contribution in [0.1, 0.15) is 49.6 Å². The number of allylic oxidation sites excluding steroid dienone is 3. The van der Waals surface area contributed by atoms with Crippen molar-refractivity contribution in [3.05, 3.63) is 230 Å². The average molecular weight is 994 g/mol. The molecule has 0 aliphatic heterocycles. The lowest BCUT2D eigenvalue weighted by Crippen LogP contribution is -1.81. The second-order valence-electron chi connectivity index (χ2n) is 11.6. The van der Waals surface area contributed by atoms with Gasteiger partial charge in [0.2, 0.25) is 0 Å². The van der Waals surface area contributed by atoms with Crippen molar-refractivity contribution < 1.29 is 4.79 Å². The van der Waals surface area contributed by atoms with E-state index in [-0.39, 0.29) is 20.6 Å². The van der Waals surface area contributed by atoms with Gasteiger partial charge in [0.25, 0.3) is 0 Å². The molecule has 0 saturated heterocycles. The Kier molecular flexibility index (Phi) is 23.2. The Morgan fingerprint density at radius 1 is 0.492 bits per heavy atom. The number of hydrogen-bond acceptors (Lipinski definition) is 4. The van der Waals surface area contributed by atoms with Crippen LogP contribution in [0.15, 0.2) is 195 Å². The third kappa shape index (κ3) is 18.6. The number of hydrogen-bond donors (Lipinski definition) is 0. The van der Waals surface area contributed by atoms with Gasteiger partial charge in [-0.1, -0.05) is 106 Å². The quantitative estimate of drug-likeness (QED) is 0.100. The van der Waals surface area contributed by atoms with Gasteiger partial charge in [-0.2, -0.15) is 0 Å². The van der Waals surface area contributed by atoms with Gasteiger partial charge in [0.05, 0.1) is 0 Å². The van der Waals surface area contributed by atoms with Gasteiger partial charge in [0, 0.05) is 72.1 Å². The summed E-state index contributed by atoms with van der Waals surface area (Å²) in [6, 6.07) is 44.9. The molecule has 0 bridgehead atoms. The SMILES string of the molecule is C.C.C#Cc1ccncc1.C(#Cc1ccc(-c2ccc(C#Cc3ccncc3)cc2)cc1)c1ccncc1.C=CC(=O)C=CC.Ic1ccc(-c2ccc(I)cc2)cc1. The Bertz CT molecular complexity index is 2350. The van der Waals surface area contributed by atoms with Crippen LogP contribution < -0.4 is 0 Å². The van der Waals surface area contributed by atoms with Gasteiger partial charge in [0.15, 0.2) is 5.78 Å². The predicted molar refractivity (Wildman–Crippen MR) is 265 cm³/mol. The van der Waals surface area contributed by atoms with Gasteiger partial charge in [-0.25, -0.2) is 0 Å². The molecule has 0 radical (unpaired) electrons. The highest BCUT2D eigenvalue weighted by Crippen LogP contribution is 2.22. The number of carbonyl (C=O) groups is 1. The second kappa shape index (κ2) is 28.1. The zero-order valence-electron chi connectivity index (χ0n) is 31.2. The van der Waals surface area contributed by atoms with E-state index in [4.69, 9.17) is 6.42 Å². The molecule has 0 saturated carbocycles. The Balaban J connectivity index is 0.000000321. The lowest BCUT2D eigenvalue weighted by atomic mass is 10.0. The highest BCUT2D eigenvalue weighted by molar-refractivity contribution is 14.1. The smallest absolute Gasteiger partial charge is 0.177 e. The number of nitrogens with zero attached hydrogens (tertiary/aromatic N) is 3. The lowest BCUT2D eigenvalue weighted by Gasteiger charge is -2.02. The summed E-state index contributed by atoms with van der Waals surface area (Å²) < 4.78 is 2.55. The summed E-state index contributed by atoms with van der Waals surface area (Å²) in [4.78, 5) is 22.0. The van der Waals surface area contributed by atoms with E-state index in [2.05, 4.69) is 169 Å². The van der Waals surface area contributed by atoms with Crippen molar-refractivity contribution in [1.29, 1.82) is 0 Å². The van der Waals surface area contributed by atoms with Crippen LogP contribution in [0.3, 0.4) is 0 Å². The summed E-state index contributed by atoms with van der Waals surface area (Å²) in [5.41, 5.74) is 9.64. The normalized spacial score (nSPS) is 9.12. The maximum Gasteiger partial charge on any atom is 0.177 e. The van der Waals surface area contributed by atoms with Crippen LogP contribution in [-0.4, -0.2) is 20.7 Å². The number of halogens is 2. The molecule has 0 aliphatic carbocycles. The molecule has 0 spiro atoms. The van der Waals surface area contributed by atoms with Crippen LogP contribution in [0.25, 0.3) is 22.3 Å². The number of aromatic nitrogens is 3. The van der Waals surface area contributed by atoms with Crippen LogP contribution in [0.4, 0.5) is 0 Å². The zero-order chi connectivity index (χ0) is 40.5. The fourth-order valence-electron chi connectivity index (χ4n) is 4.62. The first-order chi connectivity index (χ1) is 27.9. The summed E-state index contributed by atoms with van der Waals surface area (Å²) in [7, 11) is 0. The molecule has 292 valence electrons. The minimum absolute atomic E-state index is 0. The number of pyridine rings is 3. The van der Waals surface area contributed by atoms with E-state index in [9.17, 15) is 4.79 Å². The van der Waals surface area contributed by atoms with E-state index in [0.717, 1.165) is 38.9 Å². The van der Waals surface area contributed by atoms with Crippen molar-refractivity contribution in [3.8, 4) is 58.3 Å². The molecule has 59 heavy (non-hydrogen) atoms. The van der Waals surface area contributed by atoms with E-state index in [0.29, 0.717) is 0 Å². The van der Waals surface area contributed by atoms with E-state index in [1.807, 2.05) is 48.5 Å². The maximum absolute atomic E-state index is 10.2. The number of carbonyl (C=O) groups excluding carboxylic acids is 1. The molecule has 0 atom stereocenters. The fourth-order valence-corrected chi connectivity index (χ4v) is 5.34. The van der Waals surface area contributed by atoms with Crippen molar-refractivity contribution in [1.82, 2.24) is 15.0 Å². The Hall–Kier alpha value is -6.38. The predicted octanol–water partition coefficient (Wildman–Crippen LogP) is 13.2. The molecule has 4 aromatic carbocycles. The first-order valence-electron chi connectivity index (χ1n) is 17.6. The van der Waals surface area contributed by atoms with Gasteiger partial charge in [-0.05, 0) is 171 Å². The number of rotatable bonds is 4. The minimum atomic E-state index is -0.0394. The lowest BCUT2D eigenvalue weighted by molar-refractivity contribution is -0.110. The van der Waals surface area contributed by atoms with Gasteiger partial charge in [-0.15, -0.1) is 6.42 Å². The summed E-state index contributed by atoms with van der Waals surface area (Å²) in [6.45, 7) is 5.07. The van der Waals surface area contributed by atoms with Crippen molar-refractivity contribution in [3.63, 3.8) is 0 Å². The molecule has 3 aromatic heterocycles. The first kappa shape index (κ1) is 48.8. The molecular weight excluding hydrogens is 948 g/mol. The van der Waals surface area contributed by atoms with Gasteiger partial charge < -0.3 is 0 Å². The minimum Gasteiger partial charge on any atom is -0.290 e. The van der Waals surface area contributed by atoms with Crippen molar-refractivity contribution in [2.75, 3.05) is 0 Å². The summed E-state index contributed by atoms with van der Waals surface area (Å²) >= 11 is 4.64. The number of terminal acetylenes is 1. The van der Waals surface area contributed by atoms with Gasteiger partial charge >= 0.3 is 0 Å². The number of ketones is 1. The maximum atomic E-state index is 10.2. The Morgan fingerprint density at radius 2 is 0.763 bits per heavy atom. The van der Waals surface area contributed by atoms with Crippen LogP contribution in [0, 0.1) is 43.2 Å². The third-order valence-corrected chi connectivity index (χ3v) is 9.01. The first-order valence-corrected chi connectivity index (χ1v) is 19.7. The van der Waals surface area contributed by atoms with Crippen LogP contribution >= 0.6 is 45.2 Å². The average Bonchev–Trinajstić information content (AvgIpc) is 3.28. The highest BCUT2D eigenvalue weighted by Gasteiger charge is 1.99. The molecule has 0 aliphatic rings. The highest BCUT2D eigenvalue weighted by atomic mass is 127. The Morgan fingerprint density at radius 3 is 1.00 bits per heavy atom. The van der Waals surface area contributed by atoms with Crippen LogP contribution in [0.5, 0.6) is 0 Å². The topological polar surface area (TPSA) is 55.7 Å². The summed E-state index contributed by atoms with van der Waals surface area (Å²) in [5, 5.41) is 0. The molecule has 0 unspecified atom stereocenters. The van der Waals surface area contributed by atoms with Crippen molar-refractivity contribution >= 4 is 51.0 Å².